The normalized spacial score (nSPS) is 11.8. The van der Waals surface area contributed by atoms with E-state index in [-0.39, 0.29) is 6.54 Å². The van der Waals surface area contributed by atoms with Gasteiger partial charge in [0.05, 0.1) is 6.54 Å². The molecule has 20 heavy (non-hydrogen) atoms. The summed E-state index contributed by atoms with van der Waals surface area (Å²) in [5, 5.41) is 20.0. The highest BCUT2D eigenvalue weighted by Gasteiger charge is 2.15. The number of nitrogens with zero attached hydrogens (tertiary/aromatic N) is 1. The van der Waals surface area contributed by atoms with E-state index in [0.717, 1.165) is 18.8 Å². The Balaban J connectivity index is 2.64. The summed E-state index contributed by atoms with van der Waals surface area (Å²) in [7, 11) is 0. The molecular formula is C14H20N2O4. The van der Waals surface area contributed by atoms with Gasteiger partial charge in [-0.05, 0) is 38.1 Å². The van der Waals surface area contributed by atoms with E-state index in [1.54, 1.807) is 12.1 Å². The third kappa shape index (κ3) is 4.24. The van der Waals surface area contributed by atoms with E-state index in [1.807, 2.05) is 12.1 Å². The molecule has 0 unspecified atom stereocenters. The lowest BCUT2D eigenvalue weighted by molar-refractivity contribution is -0.146. The van der Waals surface area contributed by atoms with Crippen LogP contribution in [-0.4, -0.2) is 47.8 Å². The molecule has 0 aliphatic rings. The average Bonchev–Trinajstić information content (AvgIpc) is 2.46. The molecule has 1 aromatic carbocycles. The fourth-order valence-electron chi connectivity index (χ4n) is 1.79. The molecule has 0 heterocycles. The van der Waals surface area contributed by atoms with Crippen LogP contribution in [0.15, 0.2) is 24.3 Å². The van der Waals surface area contributed by atoms with Gasteiger partial charge in [-0.3, -0.25) is 4.79 Å². The monoisotopic (exact) mass is 280 g/mol. The number of hydrogen-bond donors (Lipinski definition) is 3. The molecule has 6 heteroatoms. The molecule has 6 nitrogen and oxygen atoms in total. The van der Waals surface area contributed by atoms with E-state index in [2.05, 4.69) is 24.1 Å². The molecule has 0 saturated heterocycles. The Labute approximate surface area is 118 Å². The van der Waals surface area contributed by atoms with Gasteiger partial charge in [-0.2, -0.15) is 0 Å². The molecular weight excluding hydrogens is 260 g/mol. The summed E-state index contributed by atoms with van der Waals surface area (Å²) in [6.07, 6.45) is -1.59. The van der Waals surface area contributed by atoms with Gasteiger partial charge in [0, 0.05) is 24.3 Å². The standard InChI is InChI=1S/C14H20N2O4/c1-3-16(4-2)11-7-5-10(6-8-11)13(18)15-9-12(17)14(19)20/h5-8,12,17H,3-4,9H2,1-2H3,(H,15,18)(H,19,20)/t12-/m0/s1. The average molecular weight is 280 g/mol. The van der Waals surface area contributed by atoms with Gasteiger partial charge in [-0.25, -0.2) is 4.79 Å². The van der Waals surface area contributed by atoms with Crippen LogP contribution in [0.1, 0.15) is 24.2 Å². The molecule has 1 aromatic rings. The van der Waals surface area contributed by atoms with Crippen LogP contribution < -0.4 is 10.2 Å². The van der Waals surface area contributed by atoms with Gasteiger partial charge in [0.25, 0.3) is 5.91 Å². The maximum Gasteiger partial charge on any atom is 0.334 e. The number of aliphatic carboxylic acids is 1. The zero-order valence-electron chi connectivity index (χ0n) is 11.7. The van der Waals surface area contributed by atoms with Crippen molar-refractivity contribution >= 4 is 17.6 Å². The predicted molar refractivity (Wildman–Crippen MR) is 76.0 cm³/mol. The maximum absolute atomic E-state index is 11.8. The minimum Gasteiger partial charge on any atom is -0.479 e. The van der Waals surface area contributed by atoms with Crippen molar-refractivity contribution < 1.29 is 19.8 Å². The molecule has 3 N–H and O–H groups in total. The molecule has 1 rings (SSSR count). The van der Waals surface area contributed by atoms with Crippen molar-refractivity contribution in [3.63, 3.8) is 0 Å². The van der Waals surface area contributed by atoms with Crippen LogP contribution in [0.4, 0.5) is 5.69 Å². The van der Waals surface area contributed by atoms with Gasteiger partial charge in [0.15, 0.2) is 6.10 Å². The van der Waals surface area contributed by atoms with Crippen LogP contribution in [0.25, 0.3) is 0 Å². The van der Waals surface area contributed by atoms with Crippen molar-refractivity contribution in [2.75, 3.05) is 24.5 Å². The Hall–Kier alpha value is -2.08. The van der Waals surface area contributed by atoms with E-state index < -0.39 is 18.0 Å². The minimum absolute atomic E-state index is 0.314. The molecule has 0 aromatic heterocycles. The lowest BCUT2D eigenvalue weighted by Crippen LogP contribution is -2.36. The van der Waals surface area contributed by atoms with Crippen LogP contribution >= 0.6 is 0 Å². The number of amides is 1. The summed E-state index contributed by atoms with van der Waals surface area (Å²) >= 11 is 0. The van der Waals surface area contributed by atoms with Gasteiger partial charge in [-0.15, -0.1) is 0 Å². The largest absolute Gasteiger partial charge is 0.479 e. The number of rotatable bonds is 7. The number of nitrogens with one attached hydrogen (secondary N) is 1. The van der Waals surface area contributed by atoms with Crippen molar-refractivity contribution in [2.45, 2.75) is 20.0 Å². The van der Waals surface area contributed by atoms with E-state index in [1.165, 1.54) is 0 Å². The van der Waals surface area contributed by atoms with Crippen molar-refractivity contribution in [3.8, 4) is 0 Å². The number of benzene rings is 1. The Bertz CT molecular complexity index is 455. The van der Waals surface area contributed by atoms with E-state index in [4.69, 9.17) is 10.2 Å². The maximum atomic E-state index is 11.8. The van der Waals surface area contributed by atoms with Crippen LogP contribution in [0.5, 0.6) is 0 Å². The van der Waals surface area contributed by atoms with E-state index in [9.17, 15) is 9.59 Å². The zero-order valence-corrected chi connectivity index (χ0v) is 11.7. The van der Waals surface area contributed by atoms with Crippen molar-refractivity contribution in [3.05, 3.63) is 29.8 Å². The van der Waals surface area contributed by atoms with Gasteiger partial charge in [0.2, 0.25) is 0 Å². The zero-order chi connectivity index (χ0) is 15.1. The molecule has 0 spiro atoms. The molecule has 1 amide bonds. The second-order valence-corrected chi connectivity index (χ2v) is 4.28. The molecule has 0 saturated carbocycles. The lowest BCUT2D eigenvalue weighted by Gasteiger charge is -2.21. The minimum atomic E-state index is -1.59. The fourth-order valence-corrected chi connectivity index (χ4v) is 1.79. The van der Waals surface area contributed by atoms with Crippen molar-refractivity contribution in [1.82, 2.24) is 5.32 Å². The number of carbonyl (C=O) groups excluding carboxylic acids is 1. The summed E-state index contributed by atoms with van der Waals surface area (Å²) in [4.78, 5) is 24.3. The summed E-state index contributed by atoms with van der Waals surface area (Å²) in [5.41, 5.74) is 1.45. The highest BCUT2D eigenvalue weighted by molar-refractivity contribution is 5.94. The van der Waals surface area contributed by atoms with Gasteiger partial charge < -0.3 is 20.4 Å². The first-order valence-corrected chi connectivity index (χ1v) is 6.53. The molecule has 110 valence electrons. The van der Waals surface area contributed by atoms with Crippen LogP contribution in [0.2, 0.25) is 0 Å². The molecule has 0 fully saturated rings. The topological polar surface area (TPSA) is 89.9 Å². The summed E-state index contributed by atoms with van der Waals surface area (Å²) < 4.78 is 0. The molecule has 1 atom stereocenters. The predicted octanol–water partition coefficient (Wildman–Crippen LogP) is 0.708. The van der Waals surface area contributed by atoms with Crippen molar-refractivity contribution in [2.24, 2.45) is 0 Å². The number of aliphatic hydroxyl groups excluding tert-OH is 1. The number of carbonyl (C=O) groups is 2. The highest BCUT2D eigenvalue weighted by Crippen LogP contribution is 2.14. The second-order valence-electron chi connectivity index (χ2n) is 4.28. The number of carboxylic acid groups (broad SMARTS) is 1. The third-order valence-corrected chi connectivity index (χ3v) is 3.00. The quantitative estimate of drug-likeness (QED) is 0.684. The Kier molecular flexibility index (Phi) is 5.99. The number of anilines is 1. The van der Waals surface area contributed by atoms with Crippen LogP contribution in [0.3, 0.4) is 0 Å². The van der Waals surface area contributed by atoms with Gasteiger partial charge in [0.1, 0.15) is 0 Å². The van der Waals surface area contributed by atoms with Crippen molar-refractivity contribution in [1.29, 1.82) is 0 Å². The molecule has 0 aliphatic carbocycles. The first-order chi connectivity index (χ1) is 9.49. The second kappa shape index (κ2) is 7.49. The number of hydrogen-bond acceptors (Lipinski definition) is 4. The first kappa shape index (κ1) is 16.0. The summed E-state index contributed by atoms with van der Waals surface area (Å²) in [5.74, 6) is -1.77. The Morgan fingerprint density at radius 2 is 1.75 bits per heavy atom. The molecule has 0 bridgehead atoms. The number of carboxylic acids is 1. The lowest BCUT2D eigenvalue weighted by atomic mass is 10.1. The highest BCUT2D eigenvalue weighted by atomic mass is 16.4. The smallest absolute Gasteiger partial charge is 0.334 e. The first-order valence-electron chi connectivity index (χ1n) is 6.53. The molecule has 0 radical (unpaired) electrons. The number of aliphatic hydroxyl groups is 1. The summed E-state index contributed by atoms with van der Waals surface area (Å²) in [6, 6.07) is 7.04. The SMILES string of the molecule is CCN(CC)c1ccc(C(=O)NC[C@H](O)C(=O)O)cc1. The van der Waals surface area contributed by atoms with Crippen LogP contribution in [-0.2, 0) is 4.79 Å². The molecule has 0 aliphatic heterocycles. The fraction of sp³-hybridized carbons (Fsp3) is 0.429. The Morgan fingerprint density at radius 3 is 2.20 bits per heavy atom. The summed E-state index contributed by atoms with van der Waals surface area (Å²) in [6.45, 7) is 5.56. The van der Waals surface area contributed by atoms with E-state index >= 15 is 0 Å². The van der Waals surface area contributed by atoms with Gasteiger partial charge >= 0.3 is 5.97 Å². The third-order valence-electron chi connectivity index (χ3n) is 3.00. The van der Waals surface area contributed by atoms with Crippen LogP contribution in [0, 0.1) is 0 Å². The van der Waals surface area contributed by atoms with Gasteiger partial charge in [-0.1, -0.05) is 0 Å². The van der Waals surface area contributed by atoms with E-state index in [0.29, 0.717) is 5.56 Å². The Morgan fingerprint density at radius 1 is 1.20 bits per heavy atom.